The molecular weight excluding hydrogens is 280 g/mol. The number of hydrogen-bond donors (Lipinski definition) is 1. The number of aliphatic imine (C=N–C) groups is 1. The molecule has 0 unspecified atom stereocenters. The Balaban J connectivity index is 2.45. The van der Waals surface area contributed by atoms with Gasteiger partial charge in [-0.3, -0.25) is 4.99 Å². The van der Waals surface area contributed by atoms with Crippen molar-refractivity contribution in [3.05, 3.63) is 0 Å². The highest BCUT2D eigenvalue weighted by molar-refractivity contribution is 7.89. The van der Waals surface area contributed by atoms with Gasteiger partial charge in [0.05, 0.1) is 18.5 Å². The monoisotopic (exact) mass is 306 g/mol. The van der Waals surface area contributed by atoms with Crippen LogP contribution in [0.5, 0.6) is 0 Å². The van der Waals surface area contributed by atoms with Crippen molar-refractivity contribution in [3.8, 4) is 0 Å². The topological polar surface area (TPSA) is 88.2 Å². The number of hydrogen-bond acceptors (Lipinski definition) is 4. The lowest BCUT2D eigenvalue weighted by Gasteiger charge is -2.34. The summed E-state index contributed by atoms with van der Waals surface area (Å²) in [6.07, 6.45) is 0.0482. The number of nitrogens with two attached hydrogens (primary N) is 1. The van der Waals surface area contributed by atoms with Crippen LogP contribution in [-0.4, -0.2) is 74.8 Å². The summed E-state index contributed by atoms with van der Waals surface area (Å²) in [5.41, 5.74) is 5.81. The highest BCUT2D eigenvalue weighted by Crippen LogP contribution is 2.08. The first kappa shape index (κ1) is 17.2. The minimum absolute atomic E-state index is 0.0315. The third-order valence-corrected chi connectivity index (χ3v) is 4.90. The summed E-state index contributed by atoms with van der Waals surface area (Å²) in [6, 6.07) is 0. The minimum atomic E-state index is -3.24. The summed E-state index contributed by atoms with van der Waals surface area (Å²) in [5, 5.41) is 0. The van der Waals surface area contributed by atoms with Crippen LogP contribution >= 0.6 is 0 Å². The summed E-state index contributed by atoms with van der Waals surface area (Å²) >= 11 is 0. The molecule has 0 aromatic heterocycles. The van der Waals surface area contributed by atoms with Gasteiger partial charge in [-0.05, 0) is 20.8 Å². The van der Waals surface area contributed by atoms with E-state index in [1.54, 1.807) is 0 Å². The van der Waals surface area contributed by atoms with Crippen LogP contribution in [-0.2, 0) is 14.8 Å². The fourth-order valence-corrected chi connectivity index (χ4v) is 3.26. The molecule has 0 amide bonds. The molecule has 0 radical (unpaired) electrons. The molecular formula is C12H26N4O3S. The molecule has 1 heterocycles. The first-order chi connectivity index (χ1) is 9.36. The van der Waals surface area contributed by atoms with Gasteiger partial charge in [-0.25, -0.2) is 8.42 Å². The molecule has 0 bridgehead atoms. The molecule has 20 heavy (non-hydrogen) atoms. The first-order valence-corrected chi connectivity index (χ1v) is 8.62. The SMILES string of the molecule is CCN=C(N)N1CCN(S(=O)(=O)CCOC(C)C)CC1. The molecule has 0 atom stereocenters. The van der Waals surface area contributed by atoms with Gasteiger partial charge in [0.15, 0.2) is 5.96 Å². The normalized spacial score (nSPS) is 18.8. The van der Waals surface area contributed by atoms with Crippen LogP contribution in [0.15, 0.2) is 4.99 Å². The second-order valence-electron chi connectivity index (χ2n) is 4.95. The molecule has 1 aliphatic rings. The Labute approximate surface area is 121 Å². The Kier molecular flexibility index (Phi) is 6.70. The zero-order chi connectivity index (χ0) is 15.2. The summed E-state index contributed by atoms with van der Waals surface area (Å²) in [6.45, 7) is 8.63. The highest BCUT2D eigenvalue weighted by Gasteiger charge is 2.27. The van der Waals surface area contributed by atoms with Gasteiger partial charge in [0.25, 0.3) is 0 Å². The Morgan fingerprint density at radius 2 is 1.90 bits per heavy atom. The Hall–Kier alpha value is -0.860. The van der Waals surface area contributed by atoms with Crippen molar-refractivity contribution in [1.82, 2.24) is 9.21 Å². The maximum absolute atomic E-state index is 12.1. The fourth-order valence-electron chi connectivity index (χ4n) is 1.98. The lowest BCUT2D eigenvalue weighted by atomic mass is 10.4. The molecule has 2 N–H and O–H groups in total. The van der Waals surface area contributed by atoms with Gasteiger partial charge >= 0.3 is 0 Å². The first-order valence-electron chi connectivity index (χ1n) is 7.01. The van der Waals surface area contributed by atoms with E-state index in [0.29, 0.717) is 38.7 Å². The minimum Gasteiger partial charge on any atom is -0.378 e. The fraction of sp³-hybridized carbons (Fsp3) is 0.917. The van der Waals surface area contributed by atoms with E-state index in [-0.39, 0.29) is 18.5 Å². The molecule has 0 aromatic rings. The Bertz CT molecular complexity index is 414. The third-order valence-electron chi connectivity index (χ3n) is 3.07. The van der Waals surface area contributed by atoms with Crippen LogP contribution in [0.3, 0.4) is 0 Å². The summed E-state index contributed by atoms with van der Waals surface area (Å²) < 4.78 is 31.1. The van der Waals surface area contributed by atoms with Gasteiger partial charge in [-0.15, -0.1) is 0 Å². The smallest absolute Gasteiger partial charge is 0.216 e. The van der Waals surface area contributed by atoms with Gasteiger partial charge in [-0.2, -0.15) is 4.31 Å². The van der Waals surface area contributed by atoms with Crippen molar-refractivity contribution >= 4 is 16.0 Å². The highest BCUT2D eigenvalue weighted by atomic mass is 32.2. The number of sulfonamides is 1. The molecule has 8 heteroatoms. The lowest BCUT2D eigenvalue weighted by molar-refractivity contribution is 0.0905. The summed E-state index contributed by atoms with van der Waals surface area (Å²) in [4.78, 5) is 6.05. The quantitative estimate of drug-likeness (QED) is 0.537. The number of rotatable bonds is 6. The maximum atomic E-state index is 12.1. The van der Waals surface area contributed by atoms with Crippen molar-refractivity contribution in [2.24, 2.45) is 10.7 Å². The van der Waals surface area contributed by atoms with Crippen LogP contribution in [0.2, 0.25) is 0 Å². The van der Waals surface area contributed by atoms with Gasteiger partial charge < -0.3 is 15.4 Å². The summed E-state index contributed by atoms with van der Waals surface area (Å²) in [5.74, 6) is 0.525. The van der Waals surface area contributed by atoms with E-state index in [1.807, 2.05) is 25.7 Å². The van der Waals surface area contributed by atoms with Gasteiger partial charge in [0.2, 0.25) is 10.0 Å². The van der Waals surface area contributed by atoms with Gasteiger partial charge in [0, 0.05) is 32.7 Å². The third kappa shape index (κ3) is 5.26. The van der Waals surface area contributed by atoms with Crippen LogP contribution in [0.25, 0.3) is 0 Å². The van der Waals surface area contributed by atoms with E-state index in [9.17, 15) is 8.42 Å². The van der Waals surface area contributed by atoms with Crippen molar-refractivity contribution in [2.45, 2.75) is 26.9 Å². The Morgan fingerprint density at radius 1 is 1.30 bits per heavy atom. The van der Waals surface area contributed by atoms with E-state index < -0.39 is 10.0 Å². The average Bonchev–Trinajstić information content (AvgIpc) is 2.38. The average molecular weight is 306 g/mol. The lowest BCUT2D eigenvalue weighted by Crippen LogP contribution is -2.53. The molecule has 0 saturated carbocycles. The standard InChI is InChI=1S/C12H26N4O3S/c1-4-14-12(13)15-5-7-16(8-6-15)20(17,18)10-9-19-11(2)3/h11H,4-10H2,1-3H3,(H2,13,14). The molecule has 118 valence electrons. The van der Waals surface area contributed by atoms with Crippen LogP contribution in [0.4, 0.5) is 0 Å². The molecule has 0 aliphatic carbocycles. The molecule has 1 fully saturated rings. The molecule has 7 nitrogen and oxygen atoms in total. The largest absolute Gasteiger partial charge is 0.378 e. The van der Waals surface area contributed by atoms with E-state index in [1.165, 1.54) is 4.31 Å². The second kappa shape index (κ2) is 7.80. The van der Waals surface area contributed by atoms with Crippen molar-refractivity contribution < 1.29 is 13.2 Å². The van der Waals surface area contributed by atoms with Crippen molar-refractivity contribution in [1.29, 1.82) is 0 Å². The van der Waals surface area contributed by atoms with E-state index >= 15 is 0 Å². The number of nitrogens with zero attached hydrogens (tertiary/aromatic N) is 3. The van der Waals surface area contributed by atoms with Crippen molar-refractivity contribution in [2.75, 3.05) is 45.1 Å². The molecule has 1 aliphatic heterocycles. The summed E-state index contributed by atoms with van der Waals surface area (Å²) in [7, 11) is -3.24. The molecule has 1 saturated heterocycles. The molecule has 1 rings (SSSR count). The molecule has 0 spiro atoms. The van der Waals surface area contributed by atoms with Crippen LogP contribution < -0.4 is 5.73 Å². The zero-order valence-corrected chi connectivity index (χ0v) is 13.4. The van der Waals surface area contributed by atoms with E-state index in [0.717, 1.165) is 0 Å². The molecule has 0 aromatic carbocycles. The Morgan fingerprint density at radius 3 is 2.40 bits per heavy atom. The van der Waals surface area contributed by atoms with Crippen molar-refractivity contribution in [3.63, 3.8) is 0 Å². The van der Waals surface area contributed by atoms with Crippen LogP contribution in [0, 0.1) is 0 Å². The number of guanidine groups is 1. The predicted molar refractivity (Wildman–Crippen MR) is 80.2 cm³/mol. The zero-order valence-electron chi connectivity index (χ0n) is 12.6. The van der Waals surface area contributed by atoms with Gasteiger partial charge in [0.1, 0.15) is 0 Å². The maximum Gasteiger partial charge on any atom is 0.216 e. The number of piperazine rings is 1. The predicted octanol–water partition coefficient (Wildman–Crippen LogP) is -0.307. The van der Waals surface area contributed by atoms with E-state index in [2.05, 4.69) is 4.99 Å². The number of ether oxygens (including phenoxy) is 1. The van der Waals surface area contributed by atoms with E-state index in [4.69, 9.17) is 10.5 Å². The van der Waals surface area contributed by atoms with Crippen LogP contribution in [0.1, 0.15) is 20.8 Å². The van der Waals surface area contributed by atoms with Gasteiger partial charge in [-0.1, -0.05) is 0 Å². The second-order valence-corrected chi connectivity index (χ2v) is 7.04.